The standard InChI is InChI=1S/C13H19NO/c1-3-14(15,4-2)12-8-11-13-9-6-5-7-10-13/h5-11H,3-4,12H2,1-2H3. The third kappa shape index (κ3) is 3.86. The molecule has 0 aromatic heterocycles. The van der Waals surface area contributed by atoms with E-state index in [0.717, 1.165) is 5.56 Å². The normalized spacial score (nSPS) is 12.2. The van der Waals surface area contributed by atoms with E-state index in [2.05, 4.69) is 0 Å². The Hall–Kier alpha value is -1.12. The Balaban J connectivity index is 2.53. The molecule has 1 aromatic rings. The molecule has 15 heavy (non-hydrogen) atoms. The molecule has 0 spiro atoms. The number of benzene rings is 1. The van der Waals surface area contributed by atoms with Gasteiger partial charge in [-0.1, -0.05) is 36.4 Å². The first-order chi connectivity index (χ1) is 7.20. The Morgan fingerprint density at radius 2 is 1.73 bits per heavy atom. The maximum atomic E-state index is 11.9. The summed E-state index contributed by atoms with van der Waals surface area (Å²) in [5.74, 6) is 0. The lowest BCUT2D eigenvalue weighted by atomic mass is 10.2. The van der Waals surface area contributed by atoms with E-state index in [1.807, 2.05) is 56.3 Å². The van der Waals surface area contributed by atoms with Crippen LogP contribution in [0, 0.1) is 5.21 Å². The number of rotatable bonds is 5. The summed E-state index contributed by atoms with van der Waals surface area (Å²) in [6.45, 7) is 5.70. The number of quaternary nitrogens is 1. The molecule has 0 fully saturated rings. The molecule has 2 nitrogen and oxygen atoms in total. The molecular weight excluding hydrogens is 186 g/mol. The van der Waals surface area contributed by atoms with Crippen molar-refractivity contribution in [2.24, 2.45) is 0 Å². The monoisotopic (exact) mass is 205 g/mol. The van der Waals surface area contributed by atoms with E-state index < -0.39 is 0 Å². The molecule has 0 unspecified atom stereocenters. The van der Waals surface area contributed by atoms with Crippen LogP contribution in [-0.2, 0) is 0 Å². The SMILES string of the molecule is CC[N+]([O-])(CC)CC=Cc1ccccc1. The molecular formula is C13H19NO. The number of nitrogens with zero attached hydrogens (tertiary/aromatic N) is 1. The third-order valence-corrected chi connectivity index (χ3v) is 2.70. The topological polar surface area (TPSA) is 23.1 Å². The number of likely N-dealkylation sites (N-methyl/N-ethyl adjacent to an activating group) is 1. The highest BCUT2D eigenvalue weighted by molar-refractivity contribution is 5.48. The highest BCUT2D eigenvalue weighted by Crippen LogP contribution is 2.06. The average molecular weight is 205 g/mol. The minimum Gasteiger partial charge on any atom is -0.633 e. The lowest BCUT2D eigenvalue weighted by Gasteiger charge is -2.40. The molecule has 82 valence electrons. The quantitative estimate of drug-likeness (QED) is 0.535. The first kappa shape index (κ1) is 12.0. The Kier molecular flexibility index (Phi) is 4.53. The van der Waals surface area contributed by atoms with Crippen LogP contribution in [0.15, 0.2) is 36.4 Å². The van der Waals surface area contributed by atoms with Gasteiger partial charge in [0, 0.05) is 0 Å². The van der Waals surface area contributed by atoms with Gasteiger partial charge < -0.3 is 9.85 Å². The first-order valence-electron chi connectivity index (χ1n) is 5.49. The summed E-state index contributed by atoms with van der Waals surface area (Å²) in [5.41, 5.74) is 1.15. The van der Waals surface area contributed by atoms with Gasteiger partial charge in [-0.2, -0.15) is 0 Å². The van der Waals surface area contributed by atoms with Crippen molar-refractivity contribution < 1.29 is 4.65 Å². The van der Waals surface area contributed by atoms with E-state index in [1.165, 1.54) is 0 Å². The summed E-state index contributed by atoms with van der Waals surface area (Å²) < 4.78 is -0.136. The van der Waals surface area contributed by atoms with E-state index in [0.29, 0.717) is 19.6 Å². The molecule has 0 atom stereocenters. The molecule has 0 radical (unpaired) electrons. The van der Waals surface area contributed by atoms with Gasteiger partial charge in [0.2, 0.25) is 0 Å². The first-order valence-corrected chi connectivity index (χ1v) is 5.49. The minimum absolute atomic E-state index is 0.136. The molecule has 1 rings (SSSR count). The average Bonchev–Trinajstić information content (AvgIpc) is 2.30. The smallest absolute Gasteiger partial charge is 0.0974 e. The molecule has 0 saturated heterocycles. The van der Waals surface area contributed by atoms with Crippen LogP contribution < -0.4 is 0 Å². The van der Waals surface area contributed by atoms with Crippen LogP contribution in [0.5, 0.6) is 0 Å². The van der Waals surface area contributed by atoms with Crippen LogP contribution in [0.1, 0.15) is 19.4 Å². The van der Waals surface area contributed by atoms with Gasteiger partial charge in [0.1, 0.15) is 0 Å². The molecule has 0 N–H and O–H groups in total. The van der Waals surface area contributed by atoms with Crippen molar-refractivity contribution >= 4 is 6.08 Å². The largest absolute Gasteiger partial charge is 0.633 e. The van der Waals surface area contributed by atoms with E-state index in [-0.39, 0.29) is 4.65 Å². The minimum atomic E-state index is -0.136. The summed E-state index contributed by atoms with van der Waals surface area (Å²) in [6.07, 6.45) is 3.98. The fourth-order valence-corrected chi connectivity index (χ4v) is 1.43. The maximum absolute atomic E-state index is 11.9. The van der Waals surface area contributed by atoms with E-state index in [4.69, 9.17) is 0 Å². The molecule has 0 aliphatic carbocycles. The molecule has 1 aromatic carbocycles. The van der Waals surface area contributed by atoms with Crippen molar-refractivity contribution in [2.45, 2.75) is 13.8 Å². The van der Waals surface area contributed by atoms with Gasteiger partial charge in [-0.05, 0) is 25.5 Å². The van der Waals surface area contributed by atoms with Crippen LogP contribution in [0.2, 0.25) is 0 Å². The van der Waals surface area contributed by atoms with Gasteiger partial charge in [-0.15, -0.1) is 0 Å². The number of hydroxylamine groups is 3. The van der Waals surface area contributed by atoms with E-state index in [1.54, 1.807) is 0 Å². The summed E-state index contributed by atoms with van der Waals surface area (Å²) in [6, 6.07) is 10.1. The van der Waals surface area contributed by atoms with Crippen molar-refractivity contribution in [3.63, 3.8) is 0 Å². The van der Waals surface area contributed by atoms with Crippen molar-refractivity contribution in [3.8, 4) is 0 Å². The van der Waals surface area contributed by atoms with Crippen LogP contribution >= 0.6 is 0 Å². The highest BCUT2D eigenvalue weighted by atomic mass is 16.5. The predicted molar refractivity (Wildman–Crippen MR) is 65.1 cm³/mol. The van der Waals surface area contributed by atoms with Crippen molar-refractivity contribution in [1.82, 2.24) is 0 Å². The van der Waals surface area contributed by atoms with Crippen LogP contribution in [-0.4, -0.2) is 24.3 Å². The summed E-state index contributed by atoms with van der Waals surface area (Å²) in [7, 11) is 0. The second kappa shape index (κ2) is 5.69. The van der Waals surface area contributed by atoms with Crippen LogP contribution in [0.4, 0.5) is 0 Å². The van der Waals surface area contributed by atoms with Gasteiger partial charge >= 0.3 is 0 Å². The van der Waals surface area contributed by atoms with Crippen molar-refractivity contribution in [3.05, 3.63) is 47.2 Å². The second-order valence-corrected chi connectivity index (χ2v) is 3.69. The molecule has 0 amide bonds. The van der Waals surface area contributed by atoms with Gasteiger partial charge in [-0.25, -0.2) is 0 Å². The molecule has 2 heteroatoms. The zero-order valence-electron chi connectivity index (χ0n) is 9.52. The summed E-state index contributed by atoms with van der Waals surface area (Å²) >= 11 is 0. The Morgan fingerprint density at radius 3 is 2.27 bits per heavy atom. The summed E-state index contributed by atoms with van der Waals surface area (Å²) in [4.78, 5) is 0. The van der Waals surface area contributed by atoms with E-state index >= 15 is 0 Å². The fourth-order valence-electron chi connectivity index (χ4n) is 1.43. The molecule has 0 saturated carbocycles. The van der Waals surface area contributed by atoms with E-state index in [9.17, 15) is 5.21 Å². The zero-order valence-corrected chi connectivity index (χ0v) is 9.52. The highest BCUT2D eigenvalue weighted by Gasteiger charge is 2.07. The van der Waals surface area contributed by atoms with Gasteiger partial charge in [-0.3, -0.25) is 0 Å². The van der Waals surface area contributed by atoms with Crippen molar-refractivity contribution in [2.75, 3.05) is 19.6 Å². The summed E-state index contributed by atoms with van der Waals surface area (Å²) in [5, 5.41) is 11.9. The zero-order chi connectivity index (χ0) is 11.1. The molecule has 0 heterocycles. The Morgan fingerprint density at radius 1 is 1.13 bits per heavy atom. The molecule has 0 aliphatic rings. The maximum Gasteiger partial charge on any atom is 0.0974 e. The number of hydrogen-bond acceptors (Lipinski definition) is 1. The number of hydrogen-bond donors (Lipinski definition) is 0. The lowest BCUT2D eigenvalue weighted by Crippen LogP contribution is -2.41. The predicted octanol–water partition coefficient (Wildman–Crippen LogP) is 3.05. The van der Waals surface area contributed by atoms with Gasteiger partial charge in [0.25, 0.3) is 0 Å². The molecule has 0 bridgehead atoms. The fraction of sp³-hybridized carbons (Fsp3) is 0.385. The van der Waals surface area contributed by atoms with Crippen molar-refractivity contribution in [1.29, 1.82) is 0 Å². The van der Waals surface area contributed by atoms with Gasteiger partial charge in [0.05, 0.1) is 19.6 Å². The third-order valence-electron chi connectivity index (χ3n) is 2.70. The molecule has 0 aliphatic heterocycles. The van der Waals surface area contributed by atoms with Gasteiger partial charge in [0.15, 0.2) is 0 Å². The van der Waals surface area contributed by atoms with Crippen LogP contribution in [0.25, 0.3) is 6.08 Å². The Labute approximate surface area is 92.0 Å². The lowest BCUT2D eigenvalue weighted by molar-refractivity contribution is -0.871. The second-order valence-electron chi connectivity index (χ2n) is 3.69. The van der Waals surface area contributed by atoms with Crippen LogP contribution in [0.3, 0.4) is 0 Å². The Bertz CT molecular complexity index is 302.